The van der Waals surface area contributed by atoms with E-state index in [-0.39, 0.29) is 31.0 Å². The Morgan fingerprint density at radius 2 is 1.33 bits per heavy atom. The fourth-order valence-corrected chi connectivity index (χ4v) is 6.55. The van der Waals surface area contributed by atoms with Crippen LogP contribution in [0, 0.1) is 5.92 Å². The van der Waals surface area contributed by atoms with Gasteiger partial charge in [0.15, 0.2) is 0 Å². The van der Waals surface area contributed by atoms with Crippen molar-refractivity contribution in [2.45, 2.75) is 91.4 Å². The number of hydrogen-bond acceptors (Lipinski definition) is 7. The third-order valence-electron chi connectivity index (χ3n) is 8.82. The number of urea groups is 1. The number of para-hydroxylation sites is 1. The van der Waals surface area contributed by atoms with E-state index < -0.39 is 23.4 Å². The molecule has 0 N–H and O–H groups in total. The number of rotatable bonds is 5. The number of benzene rings is 3. The Balaban J connectivity index is 1.37. The first kappa shape index (κ1) is 35.6. The highest BCUT2D eigenvalue weighted by Gasteiger charge is 2.40. The Morgan fingerprint density at radius 1 is 0.765 bits per heavy atom. The van der Waals surface area contributed by atoms with E-state index in [1.165, 1.54) is 16.2 Å². The van der Waals surface area contributed by atoms with E-state index in [1.807, 2.05) is 60.7 Å². The topological polar surface area (TPSA) is 107 Å². The molecule has 1 aliphatic carbocycles. The Kier molecular flexibility index (Phi) is 10.2. The molecule has 4 amide bonds. The van der Waals surface area contributed by atoms with Crippen molar-refractivity contribution in [3.05, 3.63) is 90.0 Å². The van der Waals surface area contributed by atoms with Gasteiger partial charge in [-0.3, -0.25) is 4.90 Å². The molecular formula is C40H48N6O5. The Hall–Kier alpha value is -5.19. The van der Waals surface area contributed by atoms with Gasteiger partial charge in [0.25, 0.3) is 0 Å². The van der Waals surface area contributed by atoms with Gasteiger partial charge < -0.3 is 9.47 Å². The number of fused-ring (bicyclic) bond motifs is 1. The monoisotopic (exact) mass is 692 g/mol. The van der Waals surface area contributed by atoms with Gasteiger partial charge in [-0.15, -0.1) is 0 Å². The van der Waals surface area contributed by atoms with Crippen LogP contribution in [0.25, 0.3) is 0 Å². The molecule has 2 aliphatic heterocycles. The summed E-state index contributed by atoms with van der Waals surface area (Å²) in [5.74, 6) is 0.373. The van der Waals surface area contributed by atoms with Gasteiger partial charge in [-0.25, -0.2) is 34.2 Å². The first-order valence-corrected chi connectivity index (χ1v) is 17.8. The number of carbonyl (C=O) groups excluding carboxylic acids is 3. The standard InChI is InChI=1S/C40H48N6O5/c1-39(2,3)50-37(48)43-25-26-44(38(49)51-40(4,5)6)35(43)41-30-21-23-31(24-22-30)46-33-20-14-13-19-32(33)34(29-17-11-8-12-18-29)42-45(36(46)47)27-28-15-9-7-10-16-28/h7,9-10,13-16,19-24,29H,8,11-12,17-18,25-27H2,1-6H3. The van der Waals surface area contributed by atoms with Crippen LogP contribution in [0.15, 0.2) is 89.0 Å². The van der Waals surface area contributed by atoms with E-state index in [1.54, 1.807) is 63.6 Å². The summed E-state index contributed by atoms with van der Waals surface area (Å²) in [7, 11) is 0. The van der Waals surface area contributed by atoms with Gasteiger partial charge in [-0.2, -0.15) is 5.10 Å². The van der Waals surface area contributed by atoms with E-state index >= 15 is 0 Å². The predicted octanol–water partition coefficient (Wildman–Crippen LogP) is 9.22. The maximum Gasteiger partial charge on any atom is 0.417 e. The molecule has 2 fully saturated rings. The summed E-state index contributed by atoms with van der Waals surface area (Å²) in [5, 5.41) is 6.70. The summed E-state index contributed by atoms with van der Waals surface area (Å²) in [4.78, 5) is 50.2. The zero-order chi connectivity index (χ0) is 36.3. The van der Waals surface area contributed by atoms with Crippen LogP contribution < -0.4 is 4.90 Å². The van der Waals surface area contributed by atoms with Crippen LogP contribution in [-0.4, -0.2) is 69.0 Å². The lowest BCUT2D eigenvalue weighted by molar-refractivity contribution is 0.0375. The lowest BCUT2D eigenvalue weighted by atomic mass is 9.83. The number of hydrazone groups is 1. The fraction of sp³-hybridized carbons (Fsp3) is 0.425. The van der Waals surface area contributed by atoms with E-state index in [0.717, 1.165) is 48.2 Å². The molecule has 0 spiro atoms. The van der Waals surface area contributed by atoms with Crippen molar-refractivity contribution >= 4 is 47.0 Å². The van der Waals surface area contributed by atoms with Crippen molar-refractivity contribution in [3.8, 4) is 0 Å². The van der Waals surface area contributed by atoms with Crippen molar-refractivity contribution < 1.29 is 23.9 Å². The van der Waals surface area contributed by atoms with Crippen LogP contribution in [0.5, 0.6) is 0 Å². The smallest absolute Gasteiger partial charge is 0.417 e. The molecule has 1 saturated heterocycles. The predicted molar refractivity (Wildman–Crippen MR) is 198 cm³/mol. The average Bonchev–Trinajstić information content (AvgIpc) is 3.46. The maximum absolute atomic E-state index is 14.6. The van der Waals surface area contributed by atoms with Crippen LogP contribution in [0.2, 0.25) is 0 Å². The molecule has 2 heterocycles. The second kappa shape index (κ2) is 14.6. The van der Waals surface area contributed by atoms with Gasteiger partial charge in [0.2, 0.25) is 5.96 Å². The number of carbonyl (C=O) groups is 3. The van der Waals surface area contributed by atoms with Gasteiger partial charge in [0, 0.05) is 11.5 Å². The number of guanidine groups is 1. The van der Waals surface area contributed by atoms with Crippen LogP contribution in [0.3, 0.4) is 0 Å². The molecule has 6 rings (SSSR count). The quantitative estimate of drug-likeness (QED) is 0.265. The number of amides is 4. The minimum atomic E-state index is -0.742. The van der Waals surface area contributed by atoms with Crippen molar-refractivity contribution in [3.63, 3.8) is 0 Å². The number of hydrogen-bond donors (Lipinski definition) is 0. The molecule has 11 nitrogen and oxygen atoms in total. The van der Waals surface area contributed by atoms with Crippen LogP contribution in [-0.2, 0) is 16.0 Å². The van der Waals surface area contributed by atoms with Gasteiger partial charge in [-0.05, 0) is 90.3 Å². The van der Waals surface area contributed by atoms with Crippen LogP contribution in [0.1, 0.15) is 84.8 Å². The summed E-state index contributed by atoms with van der Waals surface area (Å²) >= 11 is 0. The molecule has 3 aromatic carbocycles. The third-order valence-corrected chi connectivity index (χ3v) is 8.82. The van der Waals surface area contributed by atoms with E-state index in [0.29, 0.717) is 17.9 Å². The molecule has 3 aliphatic rings. The number of anilines is 2. The van der Waals surface area contributed by atoms with Crippen molar-refractivity contribution in [2.24, 2.45) is 16.0 Å². The molecule has 268 valence electrons. The summed E-state index contributed by atoms with van der Waals surface area (Å²) in [6, 6.07) is 24.8. The number of ether oxygens (including phenoxy) is 2. The summed E-state index contributed by atoms with van der Waals surface area (Å²) in [6.07, 6.45) is 4.36. The maximum atomic E-state index is 14.6. The van der Waals surface area contributed by atoms with Gasteiger partial charge >= 0.3 is 18.2 Å². The van der Waals surface area contributed by atoms with Crippen molar-refractivity contribution in [1.29, 1.82) is 0 Å². The zero-order valence-electron chi connectivity index (χ0n) is 30.5. The van der Waals surface area contributed by atoms with Gasteiger partial charge in [0.05, 0.1) is 42.4 Å². The summed E-state index contributed by atoms with van der Waals surface area (Å²) in [6.45, 7) is 11.4. The zero-order valence-corrected chi connectivity index (χ0v) is 30.5. The summed E-state index contributed by atoms with van der Waals surface area (Å²) in [5.41, 5.74) is 3.28. The highest BCUT2D eigenvalue weighted by Crippen LogP contribution is 2.38. The highest BCUT2D eigenvalue weighted by molar-refractivity contribution is 6.14. The molecule has 11 heteroatoms. The lowest BCUT2D eigenvalue weighted by Gasteiger charge is -2.27. The first-order valence-electron chi connectivity index (χ1n) is 17.8. The Labute approximate surface area is 300 Å². The van der Waals surface area contributed by atoms with Crippen LogP contribution >= 0.6 is 0 Å². The van der Waals surface area contributed by atoms with Gasteiger partial charge in [-0.1, -0.05) is 67.8 Å². The number of aliphatic imine (C=N–C) groups is 1. The average molecular weight is 693 g/mol. The second-order valence-corrected chi connectivity index (χ2v) is 15.2. The Morgan fingerprint density at radius 3 is 1.92 bits per heavy atom. The largest absolute Gasteiger partial charge is 0.443 e. The molecule has 0 bridgehead atoms. The molecule has 0 unspecified atom stereocenters. The van der Waals surface area contributed by atoms with Gasteiger partial charge in [0.1, 0.15) is 11.2 Å². The molecular weight excluding hydrogens is 644 g/mol. The van der Waals surface area contributed by atoms with Crippen molar-refractivity contribution in [2.75, 3.05) is 18.0 Å². The third kappa shape index (κ3) is 8.41. The lowest BCUT2D eigenvalue weighted by Crippen LogP contribution is -2.44. The minimum Gasteiger partial charge on any atom is -0.443 e. The first-order chi connectivity index (χ1) is 24.3. The Bertz CT molecular complexity index is 1770. The molecule has 0 atom stereocenters. The molecule has 0 radical (unpaired) electrons. The van der Waals surface area contributed by atoms with E-state index in [4.69, 9.17) is 19.6 Å². The van der Waals surface area contributed by atoms with E-state index in [2.05, 4.69) is 6.07 Å². The summed E-state index contributed by atoms with van der Waals surface area (Å²) < 4.78 is 11.3. The fourth-order valence-electron chi connectivity index (χ4n) is 6.55. The minimum absolute atomic E-state index is 0.113. The molecule has 3 aromatic rings. The highest BCUT2D eigenvalue weighted by atomic mass is 16.6. The van der Waals surface area contributed by atoms with Crippen LogP contribution in [0.4, 0.5) is 31.4 Å². The second-order valence-electron chi connectivity index (χ2n) is 15.2. The van der Waals surface area contributed by atoms with E-state index in [9.17, 15) is 14.4 Å². The molecule has 0 aromatic heterocycles. The SMILES string of the molecule is CC(C)(C)OC(=O)N1CCN(C(=O)OC(C)(C)C)C1=Nc1ccc(N2C(=O)N(Cc3ccccc3)N=C(C3CCCCC3)c3ccccc32)cc1. The van der Waals surface area contributed by atoms with Crippen molar-refractivity contribution in [1.82, 2.24) is 14.8 Å². The molecule has 1 saturated carbocycles. The normalized spacial score (nSPS) is 17.2. The molecule has 51 heavy (non-hydrogen) atoms. The number of nitrogens with zero attached hydrogens (tertiary/aromatic N) is 6.